The fourth-order valence-corrected chi connectivity index (χ4v) is 8.77. The predicted octanol–water partition coefficient (Wildman–Crippen LogP) is 7.24. The zero-order valence-electron chi connectivity index (χ0n) is 26.0. The van der Waals surface area contributed by atoms with Crippen LogP contribution in [-0.2, 0) is 9.59 Å². The van der Waals surface area contributed by atoms with Crippen LogP contribution in [0.25, 0.3) is 33.9 Å². The van der Waals surface area contributed by atoms with Crippen LogP contribution in [0.5, 0.6) is 0 Å². The maximum Gasteiger partial charge on any atom is 0.233 e. The van der Waals surface area contributed by atoms with Crippen molar-refractivity contribution in [3.8, 4) is 33.9 Å². The molecule has 0 spiro atoms. The third kappa shape index (κ3) is 5.82. The largest absolute Gasteiger partial charge is 0.324 e. The number of carbonyl (C=O) groups excluding carboxylic acids is 2. The average Bonchev–Trinajstić information content (AvgIpc) is 3.94. The molecule has 0 bridgehead atoms. The van der Waals surface area contributed by atoms with Crippen molar-refractivity contribution in [1.29, 1.82) is 0 Å². The summed E-state index contributed by atoms with van der Waals surface area (Å²) in [6.07, 6.45) is 4.09. The predicted molar refractivity (Wildman–Crippen MR) is 192 cm³/mol. The van der Waals surface area contributed by atoms with Crippen molar-refractivity contribution in [2.75, 3.05) is 24.6 Å². The zero-order chi connectivity index (χ0) is 32.5. The molecule has 0 aliphatic carbocycles. The summed E-state index contributed by atoms with van der Waals surface area (Å²) in [5.41, 5.74) is 7.56. The molecule has 2 aromatic heterocycles. The van der Waals surface area contributed by atoms with Gasteiger partial charge < -0.3 is 9.80 Å². The second kappa shape index (κ2) is 13.2. The first-order valence-corrected chi connectivity index (χ1v) is 18.0. The van der Waals surface area contributed by atoms with Gasteiger partial charge in [0.25, 0.3) is 0 Å². The molecule has 0 radical (unpaired) electrons. The van der Waals surface area contributed by atoms with Gasteiger partial charge in [-0.1, -0.05) is 97.1 Å². The summed E-state index contributed by atoms with van der Waals surface area (Å²) >= 11 is 3.22. The maximum absolute atomic E-state index is 13.5. The van der Waals surface area contributed by atoms with Gasteiger partial charge in [0.1, 0.15) is 10.7 Å². The van der Waals surface area contributed by atoms with Gasteiger partial charge in [0.15, 0.2) is 0 Å². The number of amides is 2. The lowest BCUT2D eigenvalue weighted by Gasteiger charge is -2.29. The highest BCUT2D eigenvalue weighted by molar-refractivity contribution is 8.00. The van der Waals surface area contributed by atoms with Crippen LogP contribution < -0.4 is 0 Å². The molecule has 2 aliphatic heterocycles. The maximum atomic E-state index is 13.5. The van der Waals surface area contributed by atoms with Crippen LogP contribution in [-0.4, -0.2) is 65.8 Å². The average molecular weight is 669 g/mol. The number of thioether (sulfide) groups is 2. The van der Waals surface area contributed by atoms with E-state index in [0.29, 0.717) is 24.6 Å². The molecule has 8 rings (SSSR count). The summed E-state index contributed by atoms with van der Waals surface area (Å²) in [5, 5.41) is 9.57. The number of hydrogen-bond acceptors (Lipinski definition) is 6. The number of nitrogens with zero attached hydrogens (tertiary/aromatic N) is 6. The topological polar surface area (TPSA) is 76.3 Å². The highest BCUT2D eigenvalue weighted by Crippen LogP contribution is 2.45. The molecule has 8 nitrogen and oxygen atoms in total. The van der Waals surface area contributed by atoms with E-state index in [1.165, 1.54) is 0 Å². The number of para-hydroxylation sites is 2. The molecule has 4 heterocycles. The molecule has 2 saturated heterocycles. The van der Waals surface area contributed by atoms with Crippen LogP contribution >= 0.6 is 23.5 Å². The second-order valence-corrected chi connectivity index (χ2v) is 13.8. The van der Waals surface area contributed by atoms with Crippen molar-refractivity contribution in [3.63, 3.8) is 0 Å². The molecule has 2 amide bonds. The Hall–Kier alpha value is -5.06. The van der Waals surface area contributed by atoms with Crippen molar-refractivity contribution >= 4 is 35.3 Å². The standard InChI is InChI=1S/C38H32N6O2S2/c45-33-25-47-37(31-23-43(29-17-9-3-10-18-29)39-35(31)27-13-5-1-6-14-27)41(33)21-22-42-34(46)26-48-38(42)32-24-44(30-19-11-4-12-20-30)40-36(32)28-15-7-2-8-16-28/h1-20,23-24,37-38H,21-22,25-26H2/t37-,38+. The molecule has 4 aromatic carbocycles. The van der Waals surface area contributed by atoms with Crippen molar-refractivity contribution in [2.45, 2.75) is 10.7 Å². The number of rotatable bonds is 9. The van der Waals surface area contributed by atoms with E-state index in [9.17, 15) is 9.59 Å². The van der Waals surface area contributed by atoms with Crippen molar-refractivity contribution in [1.82, 2.24) is 29.4 Å². The third-order valence-electron chi connectivity index (χ3n) is 8.67. The highest BCUT2D eigenvalue weighted by atomic mass is 32.2. The van der Waals surface area contributed by atoms with Gasteiger partial charge in [-0.25, -0.2) is 9.36 Å². The Morgan fingerprint density at radius 2 is 0.875 bits per heavy atom. The van der Waals surface area contributed by atoms with Crippen LogP contribution in [0.15, 0.2) is 134 Å². The number of benzene rings is 4. The van der Waals surface area contributed by atoms with Crippen molar-refractivity contribution in [2.24, 2.45) is 0 Å². The van der Waals surface area contributed by atoms with Crippen LogP contribution in [0.3, 0.4) is 0 Å². The Kier molecular flexibility index (Phi) is 8.34. The molecule has 2 atom stereocenters. The first-order valence-electron chi connectivity index (χ1n) is 15.9. The van der Waals surface area contributed by atoms with E-state index in [1.54, 1.807) is 23.5 Å². The Labute approximate surface area is 287 Å². The highest BCUT2D eigenvalue weighted by Gasteiger charge is 2.39. The van der Waals surface area contributed by atoms with Crippen LogP contribution in [0.1, 0.15) is 21.9 Å². The molecular weight excluding hydrogens is 637 g/mol. The summed E-state index contributed by atoms with van der Waals surface area (Å²) in [6, 6.07) is 40.3. The van der Waals surface area contributed by atoms with E-state index < -0.39 is 0 Å². The van der Waals surface area contributed by atoms with Gasteiger partial charge in [-0.15, -0.1) is 23.5 Å². The second-order valence-electron chi connectivity index (χ2n) is 11.7. The first-order chi connectivity index (χ1) is 23.6. The van der Waals surface area contributed by atoms with Gasteiger partial charge in [0.05, 0.1) is 34.3 Å². The van der Waals surface area contributed by atoms with E-state index in [1.807, 2.05) is 129 Å². The minimum absolute atomic E-state index is 0.0641. The Morgan fingerprint density at radius 3 is 1.25 bits per heavy atom. The molecule has 2 fully saturated rings. The molecule has 238 valence electrons. The molecule has 10 heteroatoms. The quantitative estimate of drug-likeness (QED) is 0.162. The Bertz CT molecular complexity index is 1900. The van der Waals surface area contributed by atoms with E-state index in [-0.39, 0.29) is 22.6 Å². The molecular formula is C38H32N6O2S2. The molecule has 48 heavy (non-hydrogen) atoms. The molecule has 0 N–H and O–H groups in total. The Morgan fingerprint density at radius 1 is 0.521 bits per heavy atom. The molecule has 2 aliphatic rings. The molecule has 0 unspecified atom stereocenters. The van der Waals surface area contributed by atoms with E-state index in [0.717, 1.165) is 45.0 Å². The van der Waals surface area contributed by atoms with E-state index in [4.69, 9.17) is 10.2 Å². The van der Waals surface area contributed by atoms with Gasteiger partial charge in [-0.2, -0.15) is 10.2 Å². The zero-order valence-corrected chi connectivity index (χ0v) is 27.6. The fraction of sp³-hybridized carbons (Fsp3) is 0.158. The number of carbonyl (C=O) groups is 2. The fourth-order valence-electron chi connectivity index (χ4n) is 6.33. The summed E-state index contributed by atoms with van der Waals surface area (Å²) in [7, 11) is 0. The van der Waals surface area contributed by atoms with Crippen LogP contribution in [0.2, 0.25) is 0 Å². The van der Waals surface area contributed by atoms with Gasteiger partial charge in [0, 0.05) is 47.7 Å². The lowest BCUT2D eigenvalue weighted by atomic mass is 10.1. The minimum atomic E-state index is -0.227. The number of aromatic nitrogens is 4. The van der Waals surface area contributed by atoms with Crippen molar-refractivity contribution < 1.29 is 9.59 Å². The minimum Gasteiger partial charge on any atom is -0.324 e. The van der Waals surface area contributed by atoms with Gasteiger partial charge in [-0.05, 0) is 24.3 Å². The molecule has 0 saturated carbocycles. The third-order valence-corrected chi connectivity index (χ3v) is 11.1. The summed E-state index contributed by atoms with van der Waals surface area (Å²) in [5.74, 6) is 0.885. The van der Waals surface area contributed by atoms with Crippen molar-refractivity contribution in [3.05, 3.63) is 145 Å². The lowest BCUT2D eigenvalue weighted by molar-refractivity contribution is -0.132. The van der Waals surface area contributed by atoms with Gasteiger partial charge >= 0.3 is 0 Å². The molecule has 6 aromatic rings. The van der Waals surface area contributed by atoms with Crippen LogP contribution in [0, 0.1) is 0 Å². The smallest absolute Gasteiger partial charge is 0.233 e. The first kappa shape index (κ1) is 30.3. The lowest BCUT2D eigenvalue weighted by Crippen LogP contribution is -2.39. The Balaban J connectivity index is 1.10. The normalized spacial score (nSPS) is 17.8. The monoisotopic (exact) mass is 668 g/mol. The van der Waals surface area contributed by atoms with Gasteiger partial charge in [0.2, 0.25) is 11.8 Å². The summed E-state index contributed by atoms with van der Waals surface area (Å²) in [6.45, 7) is 0.828. The van der Waals surface area contributed by atoms with E-state index >= 15 is 0 Å². The SMILES string of the molecule is O=C1CS[C@H](c2cn(-c3ccccc3)nc2-c2ccccc2)N1CCN1C(=O)CS[C@H]1c1cn(-c2ccccc2)nc1-c1ccccc1. The van der Waals surface area contributed by atoms with Gasteiger partial charge in [-0.3, -0.25) is 9.59 Å². The van der Waals surface area contributed by atoms with Crippen LogP contribution in [0.4, 0.5) is 0 Å². The van der Waals surface area contributed by atoms with E-state index in [2.05, 4.69) is 24.3 Å². The number of hydrogen-bond donors (Lipinski definition) is 0. The summed E-state index contributed by atoms with van der Waals surface area (Å²) < 4.78 is 3.79. The summed E-state index contributed by atoms with van der Waals surface area (Å²) in [4.78, 5) is 30.8.